The van der Waals surface area contributed by atoms with E-state index in [1.165, 1.54) is 12.8 Å². The summed E-state index contributed by atoms with van der Waals surface area (Å²) in [6.07, 6.45) is 4.52. The number of carbonyl (C=O) groups is 1. The number of carbonyl (C=O) groups excluding carboxylic acids is 1. The lowest BCUT2D eigenvalue weighted by Crippen LogP contribution is -2.32. The number of rotatable bonds is 7. The SMILES string of the molecule is CCCCCC(C)NC(=O)c1cc(Cl)nc(NC)c1. The second kappa shape index (κ2) is 8.00. The van der Waals surface area contributed by atoms with Gasteiger partial charge in [-0.25, -0.2) is 4.98 Å². The summed E-state index contributed by atoms with van der Waals surface area (Å²) in [7, 11) is 1.74. The lowest BCUT2D eigenvalue weighted by Gasteiger charge is -2.14. The van der Waals surface area contributed by atoms with Crippen molar-refractivity contribution in [1.82, 2.24) is 10.3 Å². The molecule has 0 fully saturated rings. The second-order valence-corrected chi connectivity index (χ2v) is 5.07. The summed E-state index contributed by atoms with van der Waals surface area (Å²) in [5.74, 6) is 0.487. The van der Waals surface area contributed by atoms with Crippen LogP contribution in [-0.2, 0) is 0 Å². The predicted octanol–water partition coefficient (Wildman–Crippen LogP) is 3.48. The van der Waals surface area contributed by atoms with Crippen LogP contribution < -0.4 is 10.6 Å². The average Bonchev–Trinajstić information content (AvgIpc) is 2.38. The molecule has 1 amide bonds. The zero-order chi connectivity index (χ0) is 14.3. The molecular weight excluding hydrogens is 262 g/mol. The molecule has 1 rings (SSSR count). The number of halogens is 1. The first kappa shape index (κ1) is 15.8. The third kappa shape index (κ3) is 5.47. The Kier molecular flexibility index (Phi) is 6.64. The van der Waals surface area contributed by atoms with E-state index in [9.17, 15) is 4.79 Å². The number of nitrogens with one attached hydrogen (secondary N) is 2. The van der Waals surface area contributed by atoms with E-state index in [0.717, 1.165) is 12.8 Å². The van der Waals surface area contributed by atoms with Crippen molar-refractivity contribution in [3.8, 4) is 0 Å². The van der Waals surface area contributed by atoms with E-state index in [2.05, 4.69) is 22.5 Å². The number of pyridine rings is 1. The van der Waals surface area contributed by atoms with Gasteiger partial charge in [0.25, 0.3) is 5.91 Å². The summed E-state index contributed by atoms with van der Waals surface area (Å²) in [6, 6.07) is 3.44. The minimum atomic E-state index is -0.107. The molecule has 1 atom stereocenters. The third-order valence-electron chi connectivity index (χ3n) is 2.93. The first-order valence-corrected chi connectivity index (χ1v) is 7.10. The number of hydrogen-bond donors (Lipinski definition) is 2. The molecule has 1 heterocycles. The normalized spacial score (nSPS) is 12.0. The molecule has 0 aromatic carbocycles. The largest absolute Gasteiger partial charge is 0.373 e. The highest BCUT2D eigenvalue weighted by atomic mass is 35.5. The van der Waals surface area contributed by atoms with Crippen molar-refractivity contribution in [2.75, 3.05) is 12.4 Å². The molecule has 1 aromatic heterocycles. The number of hydrogen-bond acceptors (Lipinski definition) is 3. The summed E-state index contributed by atoms with van der Waals surface area (Å²) in [6.45, 7) is 4.19. The molecule has 0 aliphatic rings. The maximum atomic E-state index is 12.1. The molecule has 0 bridgehead atoms. The summed E-state index contributed by atoms with van der Waals surface area (Å²) >= 11 is 5.88. The van der Waals surface area contributed by atoms with E-state index < -0.39 is 0 Å². The number of amides is 1. The minimum absolute atomic E-state index is 0.107. The van der Waals surface area contributed by atoms with Crippen LogP contribution in [0.5, 0.6) is 0 Å². The Morgan fingerprint density at radius 1 is 1.42 bits per heavy atom. The van der Waals surface area contributed by atoms with Crippen molar-refractivity contribution < 1.29 is 4.79 Å². The Balaban J connectivity index is 2.59. The fourth-order valence-corrected chi connectivity index (χ4v) is 2.04. The lowest BCUT2D eigenvalue weighted by atomic mass is 10.1. The van der Waals surface area contributed by atoms with Crippen LogP contribution in [0.15, 0.2) is 12.1 Å². The minimum Gasteiger partial charge on any atom is -0.373 e. The molecule has 2 N–H and O–H groups in total. The van der Waals surface area contributed by atoms with Crippen molar-refractivity contribution in [2.45, 2.75) is 45.6 Å². The molecule has 106 valence electrons. The lowest BCUT2D eigenvalue weighted by molar-refractivity contribution is 0.0938. The summed E-state index contributed by atoms with van der Waals surface area (Å²) in [5, 5.41) is 6.18. The van der Waals surface area contributed by atoms with Crippen LogP contribution in [0.2, 0.25) is 5.15 Å². The summed E-state index contributed by atoms with van der Waals surface area (Å²) in [5.41, 5.74) is 0.534. The van der Waals surface area contributed by atoms with Crippen molar-refractivity contribution >= 4 is 23.3 Å². The van der Waals surface area contributed by atoms with Crippen LogP contribution >= 0.6 is 11.6 Å². The maximum absolute atomic E-state index is 12.1. The van der Waals surface area contributed by atoms with Gasteiger partial charge in [-0.15, -0.1) is 0 Å². The van der Waals surface area contributed by atoms with E-state index in [0.29, 0.717) is 16.5 Å². The van der Waals surface area contributed by atoms with Gasteiger partial charge in [0.15, 0.2) is 0 Å². The third-order valence-corrected chi connectivity index (χ3v) is 3.12. The smallest absolute Gasteiger partial charge is 0.251 e. The average molecular weight is 284 g/mol. The Bertz CT molecular complexity index is 423. The fourth-order valence-electron chi connectivity index (χ4n) is 1.84. The topological polar surface area (TPSA) is 54.0 Å². The van der Waals surface area contributed by atoms with Crippen LogP contribution in [0.4, 0.5) is 5.82 Å². The Labute approximate surface area is 120 Å². The van der Waals surface area contributed by atoms with Crippen LogP contribution in [0, 0.1) is 0 Å². The van der Waals surface area contributed by atoms with Gasteiger partial charge >= 0.3 is 0 Å². The van der Waals surface area contributed by atoms with Gasteiger partial charge in [-0.1, -0.05) is 37.8 Å². The monoisotopic (exact) mass is 283 g/mol. The first-order chi connectivity index (χ1) is 9.06. The number of nitrogens with zero attached hydrogens (tertiary/aromatic N) is 1. The highest BCUT2D eigenvalue weighted by Gasteiger charge is 2.11. The Morgan fingerprint density at radius 3 is 2.79 bits per heavy atom. The molecule has 0 aliphatic carbocycles. The summed E-state index contributed by atoms with van der Waals surface area (Å²) < 4.78 is 0. The molecular formula is C14H22ClN3O. The number of anilines is 1. The molecule has 19 heavy (non-hydrogen) atoms. The Morgan fingerprint density at radius 2 is 2.16 bits per heavy atom. The summed E-state index contributed by atoms with van der Waals surface area (Å²) in [4.78, 5) is 16.1. The van der Waals surface area contributed by atoms with Gasteiger partial charge in [0.1, 0.15) is 11.0 Å². The van der Waals surface area contributed by atoms with Crippen molar-refractivity contribution in [3.63, 3.8) is 0 Å². The van der Waals surface area contributed by atoms with Gasteiger partial charge in [-0.2, -0.15) is 0 Å². The predicted molar refractivity (Wildman–Crippen MR) is 79.9 cm³/mol. The van der Waals surface area contributed by atoms with Gasteiger partial charge < -0.3 is 10.6 Å². The van der Waals surface area contributed by atoms with Crippen LogP contribution in [0.3, 0.4) is 0 Å². The number of unbranched alkanes of at least 4 members (excludes halogenated alkanes) is 2. The first-order valence-electron chi connectivity index (χ1n) is 6.73. The fraction of sp³-hybridized carbons (Fsp3) is 0.571. The number of aromatic nitrogens is 1. The molecule has 1 unspecified atom stereocenters. The molecule has 0 saturated carbocycles. The van der Waals surface area contributed by atoms with E-state index in [1.54, 1.807) is 19.2 Å². The van der Waals surface area contributed by atoms with Crippen molar-refractivity contribution in [1.29, 1.82) is 0 Å². The van der Waals surface area contributed by atoms with Gasteiger partial charge in [-0.05, 0) is 25.5 Å². The maximum Gasteiger partial charge on any atom is 0.251 e. The molecule has 0 radical (unpaired) electrons. The molecule has 0 aliphatic heterocycles. The van der Waals surface area contributed by atoms with E-state index >= 15 is 0 Å². The molecule has 0 saturated heterocycles. The van der Waals surface area contributed by atoms with Crippen molar-refractivity contribution in [3.05, 3.63) is 22.8 Å². The van der Waals surface area contributed by atoms with Crippen LogP contribution in [-0.4, -0.2) is 24.0 Å². The van der Waals surface area contributed by atoms with E-state index in [-0.39, 0.29) is 11.9 Å². The highest BCUT2D eigenvalue weighted by Crippen LogP contribution is 2.14. The zero-order valence-corrected chi connectivity index (χ0v) is 12.5. The van der Waals surface area contributed by atoms with Gasteiger partial charge in [-0.3, -0.25) is 4.79 Å². The molecule has 5 heteroatoms. The van der Waals surface area contributed by atoms with Crippen LogP contribution in [0.1, 0.15) is 49.9 Å². The molecule has 0 spiro atoms. The quantitative estimate of drug-likeness (QED) is 0.595. The van der Waals surface area contributed by atoms with E-state index in [4.69, 9.17) is 11.6 Å². The zero-order valence-electron chi connectivity index (χ0n) is 11.8. The van der Waals surface area contributed by atoms with Crippen molar-refractivity contribution in [2.24, 2.45) is 0 Å². The van der Waals surface area contributed by atoms with Crippen LogP contribution in [0.25, 0.3) is 0 Å². The van der Waals surface area contributed by atoms with Gasteiger partial charge in [0.05, 0.1) is 0 Å². The van der Waals surface area contributed by atoms with Gasteiger partial charge in [0.2, 0.25) is 0 Å². The standard InChI is InChI=1S/C14H22ClN3O/c1-4-5-6-7-10(2)17-14(19)11-8-12(15)18-13(9-11)16-3/h8-10H,4-7H2,1-3H3,(H,16,18)(H,17,19). The van der Waals surface area contributed by atoms with Gasteiger partial charge in [0, 0.05) is 18.7 Å². The molecule has 4 nitrogen and oxygen atoms in total. The second-order valence-electron chi connectivity index (χ2n) is 4.68. The Hall–Kier alpha value is -1.29. The molecule has 1 aromatic rings. The van der Waals surface area contributed by atoms with E-state index in [1.807, 2.05) is 6.92 Å². The highest BCUT2D eigenvalue weighted by molar-refractivity contribution is 6.29.